The first kappa shape index (κ1) is 20.6. The standard InChI is InChI=1S/C20H21ClN4O4/c1-2-18(26)23-10-12-24(13-11-23)19-15(21)7-5-8-16(19)22-20(27)14-6-3-4-9-17(14)25(28)29/h3-9H,2,10-13H2,1H3,(H,22,27). The number of anilines is 2. The summed E-state index contributed by atoms with van der Waals surface area (Å²) in [5, 5.41) is 14.4. The molecule has 152 valence electrons. The van der Waals surface area contributed by atoms with Crippen LogP contribution in [0.4, 0.5) is 17.1 Å². The van der Waals surface area contributed by atoms with Crippen molar-refractivity contribution in [3.05, 3.63) is 63.2 Å². The maximum Gasteiger partial charge on any atom is 0.282 e. The molecular formula is C20H21ClN4O4. The smallest absolute Gasteiger partial charge is 0.282 e. The van der Waals surface area contributed by atoms with Gasteiger partial charge in [-0.25, -0.2) is 0 Å². The topological polar surface area (TPSA) is 95.8 Å². The Morgan fingerprint density at radius 2 is 1.79 bits per heavy atom. The van der Waals surface area contributed by atoms with Crippen LogP contribution in [0.25, 0.3) is 0 Å². The lowest BCUT2D eigenvalue weighted by Gasteiger charge is -2.37. The second-order valence-corrected chi connectivity index (χ2v) is 6.99. The molecule has 29 heavy (non-hydrogen) atoms. The lowest BCUT2D eigenvalue weighted by atomic mass is 10.1. The van der Waals surface area contributed by atoms with Crippen LogP contribution in [0.15, 0.2) is 42.5 Å². The number of nitrogens with one attached hydrogen (secondary N) is 1. The number of halogens is 1. The largest absolute Gasteiger partial charge is 0.365 e. The average Bonchev–Trinajstić information content (AvgIpc) is 2.73. The van der Waals surface area contributed by atoms with Crippen molar-refractivity contribution >= 4 is 40.5 Å². The van der Waals surface area contributed by atoms with Gasteiger partial charge in [-0.1, -0.05) is 36.7 Å². The van der Waals surface area contributed by atoms with E-state index < -0.39 is 10.8 Å². The van der Waals surface area contributed by atoms with Gasteiger partial charge in [-0.3, -0.25) is 19.7 Å². The molecule has 1 heterocycles. The van der Waals surface area contributed by atoms with Gasteiger partial charge in [0, 0.05) is 38.7 Å². The molecule has 0 aliphatic carbocycles. The number of para-hydroxylation sites is 2. The van der Waals surface area contributed by atoms with E-state index in [2.05, 4.69) is 5.32 Å². The van der Waals surface area contributed by atoms with Crippen LogP contribution in [0.2, 0.25) is 5.02 Å². The summed E-state index contributed by atoms with van der Waals surface area (Å²) in [6, 6.07) is 10.9. The van der Waals surface area contributed by atoms with Crippen LogP contribution in [-0.4, -0.2) is 47.8 Å². The minimum absolute atomic E-state index is 0.0261. The summed E-state index contributed by atoms with van der Waals surface area (Å²) < 4.78 is 0. The molecule has 2 aromatic carbocycles. The molecule has 0 bridgehead atoms. The molecule has 1 aliphatic heterocycles. The molecule has 3 rings (SSSR count). The Bertz CT molecular complexity index is 942. The van der Waals surface area contributed by atoms with E-state index >= 15 is 0 Å². The quantitative estimate of drug-likeness (QED) is 0.593. The molecule has 1 saturated heterocycles. The van der Waals surface area contributed by atoms with Gasteiger partial charge in [0.05, 0.1) is 21.3 Å². The van der Waals surface area contributed by atoms with Crippen LogP contribution in [0.1, 0.15) is 23.7 Å². The highest BCUT2D eigenvalue weighted by Gasteiger charge is 2.25. The van der Waals surface area contributed by atoms with Crippen molar-refractivity contribution in [1.29, 1.82) is 0 Å². The number of hydrogen-bond acceptors (Lipinski definition) is 5. The average molecular weight is 417 g/mol. The number of rotatable bonds is 5. The SMILES string of the molecule is CCC(=O)N1CCN(c2c(Cl)cccc2NC(=O)c2ccccc2[N+](=O)[O-])CC1. The summed E-state index contributed by atoms with van der Waals surface area (Å²) in [4.78, 5) is 39.1. The van der Waals surface area contributed by atoms with Gasteiger partial charge >= 0.3 is 0 Å². The highest BCUT2D eigenvalue weighted by atomic mass is 35.5. The number of nitro groups is 1. The van der Waals surface area contributed by atoms with Gasteiger partial charge in [0.15, 0.2) is 0 Å². The van der Waals surface area contributed by atoms with Gasteiger partial charge in [0.1, 0.15) is 5.56 Å². The van der Waals surface area contributed by atoms with E-state index in [1.807, 2.05) is 11.8 Å². The number of nitrogens with zero attached hydrogens (tertiary/aromatic N) is 3. The predicted molar refractivity (Wildman–Crippen MR) is 112 cm³/mol. The van der Waals surface area contributed by atoms with Crippen molar-refractivity contribution < 1.29 is 14.5 Å². The maximum atomic E-state index is 12.7. The van der Waals surface area contributed by atoms with Gasteiger partial charge in [-0.15, -0.1) is 0 Å². The summed E-state index contributed by atoms with van der Waals surface area (Å²) in [7, 11) is 0. The predicted octanol–water partition coefficient (Wildman–Crippen LogP) is 3.56. The normalized spacial score (nSPS) is 13.9. The number of hydrogen-bond donors (Lipinski definition) is 1. The van der Waals surface area contributed by atoms with Crippen LogP contribution >= 0.6 is 11.6 Å². The van der Waals surface area contributed by atoms with Crippen LogP contribution in [0, 0.1) is 10.1 Å². The molecule has 0 atom stereocenters. The molecular weight excluding hydrogens is 396 g/mol. The lowest BCUT2D eigenvalue weighted by molar-refractivity contribution is -0.385. The van der Waals surface area contributed by atoms with Crippen molar-refractivity contribution in [1.82, 2.24) is 4.90 Å². The Balaban J connectivity index is 1.84. The number of benzene rings is 2. The van der Waals surface area contributed by atoms with E-state index in [1.54, 1.807) is 29.2 Å². The van der Waals surface area contributed by atoms with Crippen molar-refractivity contribution in [3.63, 3.8) is 0 Å². The molecule has 0 spiro atoms. The molecule has 2 aromatic rings. The minimum Gasteiger partial charge on any atom is -0.365 e. The molecule has 1 aliphatic rings. The van der Waals surface area contributed by atoms with Gasteiger partial charge < -0.3 is 15.1 Å². The van der Waals surface area contributed by atoms with Crippen LogP contribution < -0.4 is 10.2 Å². The zero-order chi connectivity index (χ0) is 21.0. The molecule has 1 fully saturated rings. The van der Waals surface area contributed by atoms with Gasteiger partial charge in [-0.2, -0.15) is 0 Å². The van der Waals surface area contributed by atoms with Crippen molar-refractivity contribution in [2.45, 2.75) is 13.3 Å². The summed E-state index contributed by atoms with van der Waals surface area (Å²) in [5.41, 5.74) is 0.822. The van der Waals surface area contributed by atoms with Crippen LogP contribution in [0.5, 0.6) is 0 Å². The van der Waals surface area contributed by atoms with E-state index in [4.69, 9.17) is 11.6 Å². The molecule has 1 N–H and O–H groups in total. The third kappa shape index (κ3) is 4.48. The third-order valence-corrected chi connectivity index (χ3v) is 5.14. The Morgan fingerprint density at radius 1 is 1.10 bits per heavy atom. The van der Waals surface area contributed by atoms with Crippen LogP contribution in [0.3, 0.4) is 0 Å². The Morgan fingerprint density at radius 3 is 2.45 bits per heavy atom. The summed E-state index contributed by atoms with van der Waals surface area (Å²) in [5.74, 6) is -0.477. The fourth-order valence-corrected chi connectivity index (χ4v) is 3.65. The summed E-state index contributed by atoms with van der Waals surface area (Å²) >= 11 is 6.42. The number of carbonyl (C=O) groups is 2. The Kier molecular flexibility index (Phi) is 6.33. The van der Waals surface area contributed by atoms with Crippen LogP contribution in [-0.2, 0) is 4.79 Å². The van der Waals surface area contributed by atoms with Crippen molar-refractivity contribution in [3.8, 4) is 0 Å². The number of carbonyl (C=O) groups excluding carboxylic acids is 2. The van der Waals surface area contributed by atoms with Gasteiger partial charge in [-0.05, 0) is 18.2 Å². The van der Waals surface area contributed by atoms with E-state index in [-0.39, 0.29) is 17.2 Å². The first-order valence-corrected chi connectivity index (χ1v) is 9.66. The molecule has 9 heteroatoms. The second-order valence-electron chi connectivity index (χ2n) is 6.59. The van der Waals surface area contributed by atoms with E-state index in [0.717, 1.165) is 0 Å². The zero-order valence-electron chi connectivity index (χ0n) is 15.9. The van der Waals surface area contributed by atoms with Gasteiger partial charge in [0.2, 0.25) is 5.91 Å². The lowest BCUT2D eigenvalue weighted by Crippen LogP contribution is -2.48. The van der Waals surface area contributed by atoms with Gasteiger partial charge in [0.25, 0.3) is 11.6 Å². The first-order valence-electron chi connectivity index (χ1n) is 9.28. The molecule has 2 amide bonds. The fourth-order valence-electron chi connectivity index (χ4n) is 3.36. The summed E-state index contributed by atoms with van der Waals surface area (Å²) in [6.45, 7) is 4.11. The Hall–Kier alpha value is -3.13. The van der Waals surface area contributed by atoms with E-state index in [9.17, 15) is 19.7 Å². The fraction of sp³-hybridized carbons (Fsp3) is 0.300. The number of amides is 2. The number of nitro benzene ring substituents is 1. The molecule has 0 aromatic heterocycles. The van der Waals surface area contributed by atoms with Crippen molar-refractivity contribution in [2.75, 3.05) is 36.4 Å². The monoisotopic (exact) mass is 416 g/mol. The molecule has 0 unspecified atom stereocenters. The molecule has 0 radical (unpaired) electrons. The highest BCUT2D eigenvalue weighted by Crippen LogP contribution is 2.35. The second kappa shape index (κ2) is 8.91. The van der Waals surface area contributed by atoms with E-state index in [0.29, 0.717) is 49.0 Å². The summed E-state index contributed by atoms with van der Waals surface area (Å²) in [6.07, 6.45) is 0.462. The number of piperazine rings is 1. The maximum absolute atomic E-state index is 12.7. The highest BCUT2D eigenvalue weighted by molar-refractivity contribution is 6.34. The molecule has 8 nitrogen and oxygen atoms in total. The molecule has 0 saturated carbocycles. The third-order valence-electron chi connectivity index (χ3n) is 4.83. The Labute approximate surface area is 173 Å². The first-order chi connectivity index (χ1) is 13.9. The zero-order valence-corrected chi connectivity index (χ0v) is 16.7. The minimum atomic E-state index is -0.586. The van der Waals surface area contributed by atoms with E-state index in [1.165, 1.54) is 18.2 Å². The van der Waals surface area contributed by atoms with Crippen molar-refractivity contribution in [2.24, 2.45) is 0 Å².